The average Bonchev–Trinajstić information content (AvgIpc) is 3.99. The van der Waals surface area contributed by atoms with Crippen LogP contribution in [0.4, 0.5) is 0 Å². The minimum atomic E-state index is 0.700. The van der Waals surface area contributed by atoms with Gasteiger partial charge in [0.05, 0.1) is 38.7 Å². The Kier molecular flexibility index (Phi) is 7.24. The Labute approximate surface area is 350 Å². The maximum atomic E-state index is 6.54. The lowest BCUT2D eigenvalue weighted by Crippen LogP contribution is -1.97. The molecule has 0 fully saturated rings. The summed E-state index contributed by atoms with van der Waals surface area (Å²) in [5.41, 5.74) is 14.7. The molecule has 0 radical (unpaired) electrons. The average molecular weight is 779 g/mol. The molecule has 0 aliphatic rings. The van der Waals surface area contributed by atoms with Crippen molar-refractivity contribution in [1.82, 2.24) is 19.1 Å². The lowest BCUT2D eigenvalue weighted by Gasteiger charge is -2.12. The van der Waals surface area contributed by atoms with Crippen LogP contribution in [-0.2, 0) is 0 Å². The van der Waals surface area contributed by atoms with E-state index in [9.17, 15) is 0 Å². The van der Waals surface area contributed by atoms with Crippen LogP contribution >= 0.6 is 0 Å². The van der Waals surface area contributed by atoms with Gasteiger partial charge in [-0.3, -0.25) is 0 Å². The van der Waals surface area contributed by atoms with Gasteiger partial charge >= 0.3 is 0 Å². The molecule has 0 bridgehead atoms. The van der Waals surface area contributed by atoms with Crippen LogP contribution in [0, 0.1) is 0 Å². The molecule has 61 heavy (non-hydrogen) atoms. The summed E-state index contributed by atoms with van der Waals surface area (Å²) in [5, 5.41) is 8.02. The summed E-state index contributed by atoms with van der Waals surface area (Å²) in [6.45, 7) is 0. The predicted octanol–water partition coefficient (Wildman–Crippen LogP) is 14.7. The predicted molar refractivity (Wildman–Crippen MR) is 252 cm³/mol. The fourth-order valence-electron chi connectivity index (χ4n) is 9.62. The number of fused-ring (bicyclic) bond motifs is 12. The second-order valence-corrected chi connectivity index (χ2v) is 15.7. The number of nitrogens with zero attached hydrogens (tertiary/aromatic N) is 4. The minimum Gasteiger partial charge on any atom is -0.456 e. The molecular weight excluding hydrogens is 745 g/mol. The molecule has 0 saturated heterocycles. The highest BCUT2D eigenvalue weighted by Crippen LogP contribution is 2.46. The van der Waals surface area contributed by atoms with E-state index in [1.165, 1.54) is 32.7 Å². The van der Waals surface area contributed by atoms with Gasteiger partial charge in [-0.1, -0.05) is 133 Å². The van der Waals surface area contributed by atoms with Crippen molar-refractivity contribution >= 4 is 76.5 Å². The molecule has 4 aromatic heterocycles. The normalized spacial score (nSPS) is 11.9. The number of benzene rings is 9. The smallest absolute Gasteiger partial charge is 0.160 e. The highest BCUT2D eigenvalue weighted by atomic mass is 16.3. The zero-order chi connectivity index (χ0) is 40.0. The first-order chi connectivity index (χ1) is 30.3. The molecule has 5 heteroatoms. The van der Waals surface area contributed by atoms with Gasteiger partial charge in [0, 0.05) is 54.8 Å². The largest absolute Gasteiger partial charge is 0.456 e. The summed E-state index contributed by atoms with van der Waals surface area (Å²) < 4.78 is 11.4. The standard InChI is InChI=1S/C56H34N4O/c1-3-14-35(15-4-1)38-18-13-19-40(34-38)60-48-32-30-42-41-20-8-11-24-47(41)59(54(42)51(48)45-31-33-50-52(55(45)60)44-22-9-12-25-49(44)61-50)39-28-26-37(27-29-39)56-57-46-23-10-7-21-43(46)53(58-56)36-16-5-2-6-17-36/h1-34H. The molecule has 0 aliphatic heterocycles. The summed E-state index contributed by atoms with van der Waals surface area (Å²) in [5.74, 6) is 0.700. The van der Waals surface area contributed by atoms with Crippen LogP contribution in [0.25, 0.3) is 122 Å². The molecule has 13 aromatic rings. The maximum absolute atomic E-state index is 6.54. The number of rotatable bonds is 5. The highest BCUT2D eigenvalue weighted by molar-refractivity contribution is 6.31. The Morgan fingerprint density at radius 2 is 1.00 bits per heavy atom. The van der Waals surface area contributed by atoms with Crippen molar-refractivity contribution in [3.8, 4) is 45.1 Å². The zero-order valence-corrected chi connectivity index (χ0v) is 32.8. The molecule has 0 amide bonds. The Morgan fingerprint density at radius 1 is 0.344 bits per heavy atom. The molecular formula is C56H34N4O. The van der Waals surface area contributed by atoms with Crippen LogP contribution < -0.4 is 0 Å². The third kappa shape index (κ3) is 5.08. The first-order valence-electron chi connectivity index (χ1n) is 20.7. The van der Waals surface area contributed by atoms with E-state index in [0.717, 1.165) is 83.1 Å². The van der Waals surface area contributed by atoms with Crippen molar-refractivity contribution in [1.29, 1.82) is 0 Å². The summed E-state index contributed by atoms with van der Waals surface area (Å²) in [7, 11) is 0. The van der Waals surface area contributed by atoms with Crippen LogP contribution in [0.1, 0.15) is 0 Å². The number of aromatic nitrogens is 4. The van der Waals surface area contributed by atoms with Gasteiger partial charge in [-0.25, -0.2) is 9.97 Å². The van der Waals surface area contributed by atoms with E-state index in [1.54, 1.807) is 0 Å². The van der Waals surface area contributed by atoms with E-state index >= 15 is 0 Å². The van der Waals surface area contributed by atoms with Gasteiger partial charge in [0.1, 0.15) is 11.2 Å². The van der Waals surface area contributed by atoms with Gasteiger partial charge < -0.3 is 13.6 Å². The van der Waals surface area contributed by atoms with Crippen LogP contribution in [0.5, 0.6) is 0 Å². The van der Waals surface area contributed by atoms with Gasteiger partial charge in [0.15, 0.2) is 5.82 Å². The van der Waals surface area contributed by atoms with Crippen LogP contribution in [-0.4, -0.2) is 19.1 Å². The molecule has 9 aromatic carbocycles. The van der Waals surface area contributed by atoms with Crippen molar-refractivity contribution in [2.24, 2.45) is 0 Å². The topological polar surface area (TPSA) is 48.8 Å². The number of furan rings is 1. The van der Waals surface area contributed by atoms with E-state index in [2.05, 4.69) is 197 Å². The molecule has 13 rings (SSSR count). The monoisotopic (exact) mass is 778 g/mol. The Hall–Kier alpha value is -8.28. The third-order valence-electron chi connectivity index (χ3n) is 12.3. The zero-order valence-electron chi connectivity index (χ0n) is 32.8. The van der Waals surface area contributed by atoms with Gasteiger partial charge in [0.2, 0.25) is 0 Å². The first-order valence-corrected chi connectivity index (χ1v) is 20.7. The van der Waals surface area contributed by atoms with E-state index < -0.39 is 0 Å². The fourth-order valence-corrected chi connectivity index (χ4v) is 9.62. The molecule has 0 atom stereocenters. The molecule has 5 nitrogen and oxygen atoms in total. The van der Waals surface area contributed by atoms with Crippen LogP contribution in [0.15, 0.2) is 211 Å². The van der Waals surface area contributed by atoms with Gasteiger partial charge in [-0.15, -0.1) is 0 Å². The maximum Gasteiger partial charge on any atom is 0.160 e. The Morgan fingerprint density at radius 3 is 1.84 bits per heavy atom. The van der Waals surface area contributed by atoms with Crippen molar-refractivity contribution in [2.45, 2.75) is 0 Å². The molecule has 0 saturated carbocycles. The van der Waals surface area contributed by atoms with Gasteiger partial charge in [-0.2, -0.15) is 0 Å². The summed E-state index contributed by atoms with van der Waals surface area (Å²) >= 11 is 0. The second-order valence-electron chi connectivity index (χ2n) is 15.7. The summed E-state index contributed by atoms with van der Waals surface area (Å²) in [6, 6.07) is 73.1. The quantitative estimate of drug-likeness (QED) is 0.175. The number of hydrogen-bond acceptors (Lipinski definition) is 3. The summed E-state index contributed by atoms with van der Waals surface area (Å²) in [6.07, 6.45) is 0. The van der Waals surface area contributed by atoms with Crippen LogP contribution in [0.3, 0.4) is 0 Å². The van der Waals surface area contributed by atoms with E-state index in [1.807, 2.05) is 18.2 Å². The fraction of sp³-hybridized carbons (Fsp3) is 0. The first kappa shape index (κ1) is 33.7. The summed E-state index contributed by atoms with van der Waals surface area (Å²) in [4.78, 5) is 10.2. The molecule has 4 heterocycles. The van der Waals surface area contributed by atoms with Crippen molar-refractivity contribution in [3.63, 3.8) is 0 Å². The number of hydrogen-bond donors (Lipinski definition) is 0. The Balaban J connectivity index is 1.09. The van der Waals surface area contributed by atoms with E-state index in [4.69, 9.17) is 14.4 Å². The van der Waals surface area contributed by atoms with Crippen molar-refractivity contribution < 1.29 is 4.42 Å². The second kappa shape index (κ2) is 13.1. The van der Waals surface area contributed by atoms with E-state index in [0.29, 0.717) is 5.82 Å². The third-order valence-corrected chi connectivity index (χ3v) is 12.3. The van der Waals surface area contributed by atoms with Crippen molar-refractivity contribution in [2.75, 3.05) is 0 Å². The lowest BCUT2D eigenvalue weighted by atomic mass is 10.0. The molecule has 0 unspecified atom stereocenters. The van der Waals surface area contributed by atoms with Crippen LogP contribution in [0.2, 0.25) is 0 Å². The highest BCUT2D eigenvalue weighted by Gasteiger charge is 2.24. The van der Waals surface area contributed by atoms with Crippen molar-refractivity contribution in [3.05, 3.63) is 206 Å². The number of para-hydroxylation sites is 3. The molecule has 0 spiro atoms. The Bertz CT molecular complexity index is 3860. The molecule has 0 N–H and O–H groups in total. The molecule has 0 aliphatic carbocycles. The van der Waals surface area contributed by atoms with Gasteiger partial charge in [0.25, 0.3) is 0 Å². The molecule has 284 valence electrons. The lowest BCUT2D eigenvalue weighted by molar-refractivity contribution is 0.669. The van der Waals surface area contributed by atoms with Gasteiger partial charge in [-0.05, 0) is 83.9 Å². The van der Waals surface area contributed by atoms with E-state index in [-0.39, 0.29) is 0 Å². The SMILES string of the molecule is c1ccc(-c2cccc(-n3c4ccc5c6ccccc6n(-c6ccc(-c7nc(-c8ccccc8)c8ccccc8n7)cc6)c5c4c4ccc5oc6ccccc6c5c43)c2)cc1. The minimum absolute atomic E-state index is 0.700.